The fourth-order valence-corrected chi connectivity index (χ4v) is 3.22. The monoisotopic (exact) mass is 444 g/mol. The summed E-state index contributed by atoms with van der Waals surface area (Å²) in [6.45, 7) is 0.332. The van der Waals surface area contributed by atoms with Gasteiger partial charge in [0.1, 0.15) is 5.82 Å². The van der Waals surface area contributed by atoms with Crippen molar-refractivity contribution in [2.24, 2.45) is 0 Å². The summed E-state index contributed by atoms with van der Waals surface area (Å²) in [7, 11) is 1.55. The van der Waals surface area contributed by atoms with Crippen molar-refractivity contribution in [1.29, 1.82) is 0 Å². The zero-order chi connectivity index (χ0) is 23.4. The maximum Gasteiger partial charge on any atom is 0.195 e. The number of rotatable bonds is 2. The molecule has 162 valence electrons. The predicted molar refractivity (Wildman–Crippen MR) is 119 cm³/mol. The van der Waals surface area contributed by atoms with E-state index in [0.29, 0.717) is 28.9 Å². The molecular formula is C28H16F4O. The lowest BCUT2D eigenvalue weighted by molar-refractivity contribution is 0.184. The van der Waals surface area contributed by atoms with Crippen LogP contribution in [-0.4, -0.2) is 7.11 Å². The Kier molecular flexibility index (Phi) is 6.45. The van der Waals surface area contributed by atoms with Crippen LogP contribution >= 0.6 is 0 Å². The van der Waals surface area contributed by atoms with Gasteiger partial charge in [0.2, 0.25) is 0 Å². The highest BCUT2D eigenvalue weighted by molar-refractivity contribution is 5.84. The molecule has 0 amide bonds. The second-order valence-electron chi connectivity index (χ2n) is 7.25. The van der Waals surface area contributed by atoms with Crippen LogP contribution in [0.4, 0.5) is 17.6 Å². The Hall–Kier alpha value is -4.06. The molecule has 0 heterocycles. The average Bonchev–Trinajstić information content (AvgIpc) is 2.81. The number of methoxy groups -OCH3 is 1. The summed E-state index contributed by atoms with van der Waals surface area (Å²) in [5.41, 5.74) is 2.95. The van der Waals surface area contributed by atoms with Crippen molar-refractivity contribution in [2.45, 2.75) is 6.61 Å². The lowest BCUT2D eigenvalue weighted by Crippen LogP contribution is -1.92. The summed E-state index contributed by atoms with van der Waals surface area (Å²) in [5, 5.41) is 0.221. The van der Waals surface area contributed by atoms with E-state index >= 15 is 0 Å². The standard InChI is InChI=1S/C28H16F4O/c1-33-17-21-9-12-22(25(29)15-21)11-8-19-4-2-18(3-5-19)6-7-20-10-13-24-23(14-20)16-26(30)28(32)27(24)31/h2-5,9-10,12-16H,17H2,1H3. The largest absolute Gasteiger partial charge is 0.380 e. The topological polar surface area (TPSA) is 9.23 Å². The summed E-state index contributed by atoms with van der Waals surface area (Å²) < 4.78 is 59.8. The van der Waals surface area contributed by atoms with Crippen LogP contribution in [0.3, 0.4) is 0 Å². The number of benzene rings is 4. The third-order valence-corrected chi connectivity index (χ3v) is 4.89. The van der Waals surface area contributed by atoms with Gasteiger partial charge in [0, 0.05) is 29.2 Å². The summed E-state index contributed by atoms with van der Waals surface area (Å²) in [5.74, 6) is 7.27. The maximum atomic E-state index is 14.1. The van der Waals surface area contributed by atoms with E-state index in [9.17, 15) is 17.6 Å². The molecule has 0 atom stereocenters. The van der Waals surface area contributed by atoms with Crippen LogP contribution in [0.2, 0.25) is 0 Å². The highest BCUT2D eigenvalue weighted by Gasteiger charge is 2.13. The molecule has 0 aliphatic rings. The van der Waals surface area contributed by atoms with Gasteiger partial charge in [-0.2, -0.15) is 0 Å². The Labute approximate surface area is 188 Å². The molecule has 4 rings (SSSR count). The Morgan fingerprint density at radius 2 is 1.27 bits per heavy atom. The third-order valence-electron chi connectivity index (χ3n) is 4.89. The van der Waals surface area contributed by atoms with Gasteiger partial charge in [0.05, 0.1) is 12.2 Å². The molecule has 0 aromatic heterocycles. The van der Waals surface area contributed by atoms with Crippen LogP contribution in [0.15, 0.2) is 66.7 Å². The molecule has 4 aromatic rings. The SMILES string of the molecule is COCc1ccc(C#Cc2ccc(C#Cc3ccc4c(F)c(F)c(F)cc4c3)cc2)c(F)c1. The van der Waals surface area contributed by atoms with Crippen LogP contribution in [0.1, 0.15) is 27.8 Å². The van der Waals surface area contributed by atoms with E-state index in [4.69, 9.17) is 4.74 Å². The minimum absolute atomic E-state index is 0.00727. The van der Waals surface area contributed by atoms with Gasteiger partial charge >= 0.3 is 0 Å². The van der Waals surface area contributed by atoms with Crippen molar-refractivity contribution in [2.75, 3.05) is 7.11 Å². The quantitative estimate of drug-likeness (QED) is 0.199. The smallest absolute Gasteiger partial charge is 0.195 e. The molecule has 0 N–H and O–H groups in total. The number of ether oxygens (including phenoxy) is 1. The first-order chi connectivity index (χ1) is 15.9. The van der Waals surface area contributed by atoms with Crippen molar-refractivity contribution in [3.63, 3.8) is 0 Å². The van der Waals surface area contributed by atoms with Crippen LogP contribution in [0, 0.1) is 47.0 Å². The van der Waals surface area contributed by atoms with Crippen LogP contribution in [-0.2, 0) is 11.3 Å². The highest BCUT2D eigenvalue weighted by Crippen LogP contribution is 2.24. The fraction of sp³-hybridized carbons (Fsp3) is 0.0714. The number of fused-ring (bicyclic) bond motifs is 1. The first-order valence-corrected chi connectivity index (χ1v) is 9.93. The van der Waals surface area contributed by atoms with E-state index in [1.54, 1.807) is 49.6 Å². The maximum absolute atomic E-state index is 14.1. The molecule has 0 fully saturated rings. The van der Waals surface area contributed by atoms with E-state index in [1.165, 1.54) is 18.2 Å². The zero-order valence-corrected chi connectivity index (χ0v) is 17.5. The molecule has 1 nitrogen and oxygen atoms in total. The summed E-state index contributed by atoms with van der Waals surface area (Å²) in [6.07, 6.45) is 0. The Bertz CT molecular complexity index is 1470. The first-order valence-electron chi connectivity index (χ1n) is 9.93. The van der Waals surface area contributed by atoms with Gasteiger partial charge in [-0.1, -0.05) is 35.8 Å². The van der Waals surface area contributed by atoms with Gasteiger partial charge in [-0.05, 0) is 65.5 Å². The van der Waals surface area contributed by atoms with E-state index in [-0.39, 0.29) is 10.8 Å². The molecule has 0 aliphatic carbocycles. The molecule has 0 saturated carbocycles. The van der Waals surface area contributed by atoms with Crippen LogP contribution < -0.4 is 0 Å². The predicted octanol–water partition coefficient (Wildman–Crippen LogP) is 6.34. The van der Waals surface area contributed by atoms with Crippen LogP contribution in [0.25, 0.3) is 10.8 Å². The van der Waals surface area contributed by atoms with Gasteiger partial charge in [-0.15, -0.1) is 0 Å². The second kappa shape index (κ2) is 9.61. The molecule has 4 aromatic carbocycles. The van der Waals surface area contributed by atoms with Gasteiger partial charge in [0.25, 0.3) is 0 Å². The fourth-order valence-electron chi connectivity index (χ4n) is 3.22. The summed E-state index contributed by atoms with van der Waals surface area (Å²) in [6, 6.07) is 17.2. The van der Waals surface area contributed by atoms with Gasteiger partial charge in [-0.25, -0.2) is 17.6 Å². The molecular weight excluding hydrogens is 428 g/mol. The van der Waals surface area contributed by atoms with Crippen molar-refractivity contribution in [1.82, 2.24) is 0 Å². The van der Waals surface area contributed by atoms with E-state index in [0.717, 1.165) is 11.6 Å². The van der Waals surface area contributed by atoms with Crippen molar-refractivity contribution in [3.8, 4) is 23.7 Å². The second-order valence-corrected chi connectivity index (χ2v) is 7.25. The molecule has 0 aliphatic heterocycles. The van der Waals surface area contributed by atoms with E-state index in [2.05, 4.69) is 23.7 Å². The Morgan fingerprint density at radius 3 is 1.94 bits per heavy atom. The molecule has 5 heteroatoms. The Balaban J connectivity index is 1.52. The first kappa shape index (κ1) is 22.1. The zero-order valence-electron chi connectivity index (χ0n) is 17.5. The third kappa shape index (κ3) is 5.06. The molecule has 0 bridgehead atoms. The van der Waals surface area contributed by atoms with Gasteiger partial charge in [0.15, 0.2) is 17.5 Å². The molecule has 0 saturated heterocycles. The molecule has 0 radical (unpaired) electrons. The molecule has 0 unspecified atom stereocenters. The minimum atomic E-state index is -1.49. The average molecular weight is 444 g/mol. The summed E-state index contributed by atoms with van der Waals surface area (Å²) >= 11 is 0. The van der Waals surface area contributed by atoms with E-state index in [1.807, 2.05) is 0 Å². The van der Waals surface area contributed by atoms with Gasteiger partial charge < -0.3 is 4.74 Å². The number of halogens is 4. The lowest BCUT2D eigenvalue weighted by Gasteiger charge is -2.02. The van der Waals surface area contributed by atoms with Crippen LogP contribution in [0.5, 0.6) is 0 Å². The van der Waals surface area contributed by atoms with Crippen molar-refractivity contribution >= 4 is 10.8 Å². The van der Waals surface area contributed by atoms with E-state index < -0.39 is 23.3 Å². The molecule has 33 heavy (non-hydrogen) atoms. The number of hydrogen-bond acceptors (Lipinski definition) is 1. The number of hydrogen-bond donors (Lipinski definition) is 0. The van der Waals surface area contributed by atoms with Gasteiger partial charge in [-0.3, -0.25) is 0 Å². The lowest BCUT2D eigenvalue weighted by atomic mass is 10.1. The summed E-state index contributed by atoms with van der Waals surface area (Å²) in [4.78, 5) is 0. The minimum Gasteiger partial charge on any atom is -0.380 e. The molecule has 0 spiro atoms. The highest BCUT2D eigenvalue weighted by atomic mass is 19.2. The van der Waals surface area contributed by atoms with Crippen molar-refractivity contribution in [3.05, 3.63) is 118 Å². The normalized spacial score (nSPS) is 10.3. The Morgan fingerprint density at radius 1 is 0.636 bits per heavy atom. The van der Waals surface area contributed by atoms with Crippen molar-refractivity contribution < 1.29 is 22.3 Å².